The summed E-state index contributed by atoms with van der Waals surface area (Å²) in [7, 11) is 0. The highest BCUT2D eigenvalue weighted by Gasteiger charge is 2.42. The van der Waals surface area contributed by atoms with E-state index >= 15 is 0 Å². The Balaban J connectivity index is 3.21. The lowest BCUT2D eigenvalue weighted by molar-refractivity contribution is -0.153. The number of carbonyl (C=O) groups excluding carboxylic acids is 1. The predicted molar refractivity (Wildman–Crippen MR) is 80.7 cm³/mol. The van der Waals surface area contributed by atoms with Gasteiger partial charge in [0.05, 0.1) is 13.2 Å². The van der Waals surface area contributed by atoms with Crippen LogP contribution in [0.2, 0.25) is 0 Å². The normalized spacial score (nSPS) is 14.1. The van der Waals surface area contributed by atoms with Gasteiger partial charge < -0.3 is 9.47 Å². The van der Waals surface area contributed by atoms with Crippen LogP contribution in [0.25, 0.3) is 0 Å². The van der Waals surface area contributed by atoms with Gasteiger partial charge in [0.25, 0.3) is 0 Å². The summed E-state index contributed by atoms with van der Waals surface area (Å²) in [6.07, 6.45) is 0.718. The molecule has 0 saturated carbocycles. The molecule has 0 saturated heterocycles. The molecule has 0 aromatic heterocycles. The number of benzene rings is 1. The number of hydrogen-bond donors (Lipinski definition) is 0. The van der Waals surface area contributed by atoms with E-state index in [1.54, 1.807) is 0 Å². The van der Waals surface area contributed by atoms with Crippen molar-refractivity contribution in [3.63, 3.8) is 0 Å². The van der Waals surface area contributed by atoms with E-state index in [0.29, 0.717) is 25.7 Å². The van der Waals surface area contributed by atoms with Crippen LogP contribution in [0.15, 0.2) is 30.3 Å². The number of esters is 1. The highest BCUT2D eigenvalue weighted by molar-refractivity contribution is 5.83. The number of ether oxygens (including phenoxy) is 2. The van der Waals surface area contributed by atoms with Gasteiger partial charge in [-0.3, -0.25) is 4.79 Å². The van der Waals surface area contributed by atoms with Crippen molar-refractivity contribution in [3.8, 4) is 0 Å². The molecule has 0 radical (unpaired) electrons. The fourth-order valence-electron chi connectivity index (χ4n) is 2.52. The highest BCUT2D eigenvalue weighted by atomic mass is 16.5. The van der Waals surface area contributed by atoms with Crippen molar-refractivity contribution in [3.05, 3.63) is 35.9 Å². The van der Waals surface area contributed by atoms with Crippen molar-refractivity contribution in [2.75, 3.05) is 19.8 Å². The highest BCUT2D eigenvalue weighted by Crippen LogP contribution is 2.33. The molecular formula is C17H26O3. The van der Waals surface area contributed by atoms with Crippen LogP contribution in [0.1, 0.15) is 39.7 Å². The second-order valence-electron chi connectivity index (χ2n) is 5.40. The average molecular weight is 278 g/mol. The zero-order valence-corrected chi connectivity index (χ0v) is 13.0. The Bertz CT molecular complexity index is 400. The van der Waals surface area contributed by atoms with Gasteiger partial charge in [-0.05, 0) is 31.7 Å². The molecule has 0 amide bonds. The summed E-state index contributed by atoms with van der Waals surface area (Å²) in [5.41, 5.74) is 0.266. The van der Waals surface area contributed by atoms with Gasteiger partial charge in [0.15, 0.2) is 0 Å². The second kappa shape index (κ2) is 8.05. The first kappa shape index (κ1) is 16.7. The molecule has 112 valence electrons. The Labute approximate surface area is 122 Å². The van der Waals surface area contributed by atoms with Crippen molar-refractivity contribution in [1.82, 2.24) is 0 Å². The van der Waals surface area contributed by atoms with E-state index < -0.39 is 5.41 Å². The lowest BCUT2D eigenvalue weighted by Crippen LogP contribution is -2.43. The minimum Gasteiger partial charge on any atom is -0.465 e. The Morgan fingerprint density at radius 1 is 1.15 bits per heavy atom. The first-order valence-electron chi connectivity index (χ1n) is 7.37. The van der Waals surface area contributed by atoms with Gasteiger partial charge >= 0.3 is 5.97 Å². The summed E-state index contributed by atoms with van der Waals surface area (Å²) in [6.45, 7) is 9.35. The minimum absolute atomic E-state index is 0.187. The summed E-state index contributed by atoms with van der Waals surface area (Å²) in [5, 5.41) is 0. The molecule has 0 aliphatic heterocycles. The zero-order valence-electron chi connectivity index (χ0n) is 13.0. The van der Waals surface area contributed by atoms with Crippen LogP contribution in [0, 0.1) is 5.92 Å². The molecule has 1 rings (SSSR count). The third-order valence-corrected chi connectivity index (χ3v) is 3.30. The standard InChI is InChI=1S/C17H26O3/c1-5-19-13-17(12-14(3)4,16(18)20-6-2)15-10-8-7-9-11-15/h7-11,14H,5-6,12-13H2,1-4H3. The maximum atomic E-state index is 12.6. The van der Waals surface area contributed by atoms with Crippen LogP contribution < -0.4 is 0 Å². The molecule has 1 aromatic carbocycles. The summed E-state index contributed by atoms with van der Waals surface area (Å²) in [4.78, 5) is 12.6. The Morgan fingerprint density at radius 2 is 1.80 bits per heavy atom. The fourth-order valence-corrected chi connectivity index (χ4v) is 2.52. The third kappa shape index (κ3) is 4.07. The van der Waals surface area contributed by atoms with Crippen molar-refractivity contribution in [2.24, 2.45) is 5.92 Å². The van der Waals surface area contributed by atoms with E-state index in [0.717, 1.165) is 12.0 Å². The molecule has 1 unspecified atom stereocenters. The first-order valence-corrected chi connectivity index (χ1v) is 7.37. The maximum absolute atomic E-state index is 12.6. The fraction of sp³-hybridized carbons (Fsp3) is 0.588. The van der Waals surface area contributed by atoms with Crippen molar-refractivity contribution in [2.45, 2.75) is 39.5 Å². The SMILES string of the molecule is CCOCC(CC(C)C)(C(=O)OCC)c1ccccc1. The van der Waals surface area contributed by atoms with Gasteiger partial charge in [-0.25, -0.2) is 0 Å². The number of rotatable bonds is 8. The summed E-state index contributed by atoms with van der Waals surface area (Å²) < 4.78 is 11.0. The zero-order chi connectivity index (χ0) is 15.0. The molecular weight excluding hydrogens is 252 g/mol. The molecule has 0 aliphatic rings. The largest absolute Gasteiger partial charge is 0.465 e. The van der Waals surface area contributed by atoms with Gasteiger partial charge in [-0.15, -0.1) is 0 Å². The van der Waals surface area contributed by atoms with Crippen LogP contribution in [-0.4, -0.2) is 25.8 Å². The molecule has 1 atom stereocenters. The molecule has 0 N–H and O–H groups in total. The van der Waals surface area contributed by atoms with E-state index in [9.17, 15) is 4.79 Å². The molecule has 0 fully saturated rings. The summed E-state index contributed by atoms with van der Waals surface area (Å²) in [6, 6.07) is 9.83. The van der Waals surface area contributed by atoms with Gasteiger partial charge in [0.1, 0.15) is 5.41 Å². The van der Waals surface area contributed by atoms with Gasteiger partial charge in [-0.1, -0.05) is 44.2 Å². The molecule has 1 aromatic rings. The van der Waals surface area contributed by atoms with Gasteiger partial charge in [0, 0.05) is 6.61 Å². The smallest absolute Gasteiger partial charge is 0.318 e. The van der Waals surface area contributed by atoms with Gasteiger partial charge in [-0.2, -0.15) is 0 Å². The van der Waals surface area contributed by atoms with Gasteiger partial charge in [0.2, 0.25) is 0 Å². The third-order valence-electron chi connectivity index (χ3n) is 3.30. The topological polar surface area (TPSA) is 35.5 Å². The lowest BCUT2D eigenvalue weighted by atomic mass is 9.75. The number of carbonyl (C=O) groups is 1. The first-order chi connectivity index (χ1) is 9.56. The Kier molecular flexibility index (Phi) is 6.73. The Morgan fingerprint density at radius 3 is 2.30 bits per heavy atom. The summed E-state index contributed by atoms with van der Waals surface area (Å²) >= 11 is 0. The van der Waals surface area contributed by atoms with E-state index in [1.807, 2.05) is 44.2 Å². The van der Waals surface area contributed by atoms with E-state index in [-0.39, 0.29) is 5.97 Å². The van der Waals surface area contributed by atoms with Crippen LogP contribution in [0.5, 0.6) is 0 Å². The number of hydrogen-bond acceptors (Lipinski definition) is 3. The summed E-state index contributed by atoms with van der Waals surface area (Å²) in [5.74, 6) is 0.188. The molecule has 20 heavy (non-hydrogen) atoms. The minimum atomic E-state index is -0.707. The molecule has 0 heterocycles. The van der Waals surface area contributed by atoms with E-state index in [4.69, 9.17) is 9.47 Å². The second-order valence-corrected chi connectivity index (χ2v) is 5.40. The van der Waals surface area contributed by atoms with Crippen molar-refractivity contribution >= 4 is 5.97 Å². The van der Waals surface area contributed by atoms with Crippen LogP contribution >= 0.6 is 0 Å². The predicted octanol–water partition coefficient (Wildman–Crippen LogP) is 3.57. The van der Waals surface area contributed by atoms with E-state index in [2.05, 4.69) is 13.8 Å². The molecule has 3 nitrogen and oxygen atoms in total. The van der Waals surface area contributed by atoms with Crippen LogP contribution in [-0.2, 0) is 19.7 Å². The molecule has 0 bridgehead atoms. The van der Waals surface area contributed by atoms with Crippen molar-refractivity contribution in [1.29, 1.82) is 0 Å². The van der Waals surface area contributed by atoms with Crippen LogP contribution in [0.3, 0.4) is 0 Å². The molecule has 0 aliphatic carbocycles. The quantitative estimate of drug-likeness (QED) is 0.682. The van der Waals surface area contributed by atoms with Crippen molar-refractivity contribution < 1.29 is 14.3 Å². The molecule has 0 spiro atoms. The van der Waals surface area contributed by atoms with Crippen LogP contribution in [0.4, 0.5) is 0 Å². The maximum Gasteiger partial charge on any atom is 0.318 e. The average Bonchev–Trinajstić information content (AvgIpc) is 2.44. The monoisotopic (exact) mass is 278 g/mol. The molecule has 3 heteroatoms. The lowest BCUT2D eigenvalue weighted by Gasteiger charge is -2.33. The van der Waals surface area contributed by atoms with E-state index in [1.165, 1.54) is 0 Å². The Hall–Kier alpha value is -1.35.